The summed E-state index contributed by atoms with van der Waals surface area (Å²) in [4.78, 5) is 39.3. The third kappa shape index (κ3) is 3.17. The smallest absolute Gasteiger partial charge is 0.266 e. The predicted octanol–water partition coefficient (Wildman–Crippen LogP) is 3.89. The van der Waals surface area contributed by atoms with Gasteiger partial charge in [0, 0.05) is 29.0 Å². The van der Waals surface area contributed by atoms with E-state index in [0.717, 1.165) is 11.1 Å². The lowest BCUT2D eigenvalue weighted by molar-refractivity contribution is -0.122. The lowest BCUT2D eigenvalue weighted by Gasteiger charge is -2.32. The summed E-state index contributed by atoms with van der Waals surface area (Å²) < 4.78 is 0. The van der Waals surface area contributed by atoms with Gasteiger partial charge in [-0.15, -0.1) is 11.8 Å². The summed E-state index contributed by atoms with van der Waals surface area (Å²) in [6, 6.07) is 23.9. The van der Waals surface area contributed by atoms with Crippen molar-refractivity contribution >= 4 is 40.9 Å². The quantitative estimate of drug-likeness (QED) is 0.641. The van der Waals surface area contributed by atoms with Crippen LogP contribution in [0.5, 0.6) is 0 Å². The van der Waals surface area contributed by atoms with Crippen LogP contribution in [0.1, 0.15) is 28.4 Å². The Morgan fingerprint density at radius 1 is 1.00 bits per heavy atom. The van der Waals surface area contributed by atoms with Gasteiger partial charge in [0.1, 0.15) is 0 Å². The van der Waals surface area contributed by atoms with E-state index in [1.807, 2.05) is 61.5 Å². The second kappa shape index (κ2) is 7.84. The normalized spacial score (nSPS) is 21.5. The molecule has 7 heteroatoms. The summed E-state index contributed by atoms with van der Waals surface area (Å²) >= 11 is 1.34. The Bertz CT molecular complexity index is 1210. The fraction of sp³-hybridized carbons (Fsp3) is 0.160. The predicted molar refractivity (Wildman–Crippen MR) is 125 cm³/mol. The maximum atomic E-state index is 13.1. The molecule has 0 unspecified atom stereocenters. The van der Waals surface area contributed by atoms with E-state index in [1.54, 1.807) is 29.2 Å². The average molecular weight is 444 g/mol. The Hall–Kier alpha value is -3.58. The Balaban J connectivity index is 1.43. The topological polar surface area (TPSA) is 78.5 Å². The van der Waals surface area contributed by atoms with Crippen molar-refractivity contribution in [3.05, 3.63) is 95.6 Å². The second-order valence-electron chi connectivity index (χ2n) is 7.79. The first-order valence-electron chi connectivity index (χ1n) is 10.4. The first-order chi connectivity index (χ1) is 15.5. The summed E-state index contributed by atoms with van der Waals surface area (Å²) in [7, 11) is 0. The molecule has 2 aliphatic rings. The fourth-order valence-corrected chi connectivity index (χ4v) is 5.68. The monoisotopic (exact) mass is 443 g/mol. The molecule has 0 aromatic heterocycles. The van der Waals surface area contributed by atoms with Crippen LogP contribution in [0.25, 0.3) is 0 Å². The number of nitrogens with one attached hydrogen (secondary N) is 2. The Morgan fingerprint density at radius 2 is 1.69 bits per heavy atom. The largest absolute Gasteiger partial charge is 0.348 e. The van der Waals surface area contributed by atoms with E-state index in [0.29, 0.717) is 23.5 Å². The maximum Gasteiger partial charge on any atom is 0.266 e. The number of hydrogen-bond donors (Lipinski definition) is 2. The molecule has 2 heterocycles. The third-order valence-electron chi connectivity index (χ3n) is 5.76. The zero-order valence-electron chi connectivity index (χ0n) is 17.4. The molecule has 160 valence electrons. The van der Waals surface area contributed by atoms with Crippen molar-refractivity contribution in [2.45, 2.75) is 23.6 Å². The van der Waals surface area contributed by atoms with E-state index < -0.39 is 4.87 Å². The molecular weight excluding hydrogens is 422 g/mol. The molecule has 2 aliphatic heterocycles. The van der Waals surface area contributed by atoms with Gasteiger partial charge in [0.15, 0.2) is 0 Å². The van der Waals surface area contributed by atoms with Gasteiger partial charge in [0.05, 0.1) is 5.25 Å². The number of amides is 3. The summed E-state index contributed by atoms with van der Waals surface area (Å²) in [5.41, 5.74) is 3.57. The van der Waals surface area contributed by atoms with Crippen LogP contribution in [0.15, 0.2) is 78.9 Å². The Labute approximate surface area is 190 Å². The first-order valence-corrected chi connectivity index (χ1v) is 11.2. The number of hydrogen-bond acceptors (Lipinski definition) is 4. The van der Waals surface area contributed by atoms with Crippen LogP contribution in [0.2, 0.25) is 0 Å². The molecule has 3 amide bonds. The highest BCUT2D eigenvalue weighted by molar-refractivity contribution is 8.03. The van der Waals surface area contributed by atoms with E-state index in [9.17, 15) is 14.4 Å². The maximum absolute atomic E-state index is 13.1. The van der Waals surface area contributed by atoms with Crippen molar-refractivity contribution in [2.75, 3.05) is 10.2 Å². The molecule has 3 aromatic carbocycles. The van der Waals surface area contributed by atoms with Crippen LogP contribution in [-0.2, 0) is 21.0 Å². The van der Waals surface area contributed by atoms with Gasteiger partial charge < -0.3 is 10.6 Å². The molecule has 2 atom stereocenters. The molecule has 2 N–H and O–H groups in total. The van der Waals surface area contributed by atoms with Crippen LogP contribution in [0.3, 0.4) is 0 Å². The highest BCUT2D eigenvalue weighted by atomic mass is 32.2. The molecule has 3 aromatic rings. The number of para-hydroxylation sites is 1. The van der Waals surface area contributed by atoms with Gasteiger partial charge in [-0.2, -0.15) is 0 Å². The third-order valence-corrected chi connectivity index (χ3v) is 7.25. The van der Waals surface area contributed by atoms with Crippen molar-refractivity contribution in [2.24, 2.45) is 0 Å². The van der Waals surface area contributed by atoms with Gasteiger partial charge in [-0.1, -0.05) is 48.5 Å². The SMILES string of the molecule is C[C@H]1S[C@@]2(C(=O)Nc3ccccc32)N(c2ccc(C(=O)NCc3ccccc3)cc2)C1=O. The summed E-state index contributed by atoms with van der Waals surface area (Å²) in [5.74, 6) is -0.566. The standard InChI is InChI=1S/C25H21N3O3S/c1-16-23(30)28(25(32-16)20-9-5-6-10-21(20)27-24(25)31)19-13-11-18(12-14-19)22(29)26-15-17-7-3-2-4-8-17/h2-14,16H,15H2,1H3,(H,26,29)(H,27,31)/t16-,25+/m1/s1. The lowest BCUT2D eigenvalue weighted by Crippen LogP contribution is -2.47. The van der Waals surface area contributed by atoms with Gasteiger partial charge >= 0.3 is 0 Å². The molecular formula is C25H21N3O3S. The molecule has 32 heavy (non-hydrogen) atoms. The highest BCUT2D eigenvalue weighted by Gasteiger charge is 2.60. The Kier molecular flexibility index (Phi) is 4.98. The zero-order chi connectivity index (χ0) is 22.3. The summed E-state index contributed by atoms with van der Waals surface area (Å²) in [5, 5.41) is 5.44. The lowest BCUT2D eigenvalue weighted by atomic mass is 10.0. The number of carbonyl (C=O) groups excluding carboxylic acids is 3. The van der Waals surface area contributed by atoms with Crippen LogP contribution >= 0.6 is 11.8 Å². The molecule has 0 radical (unpaired) electrons. The zero-order valence-corrected chi connectivity index (χ0v) is 18.2. The minimum atomic E-state index is -1.15. The minimum Gasteiger partial charge on any atom is -0.348 e. The molecule has 1 spiro atoms. The number of nitrogens with zero attached hydrogens (tertiary/aromatic N) is 1. The van der Waals surface area contributed by atoms with E-state index in [-0.39, 0.29) is 23.0 Å². The fourth-order valence-electron chi connectivity index (χ4n) is 4.20. The van der Waals surface area contributed by atoms with Crippen molar-refractivity contribution in [1.29, 1.82) is 0 Å². The summed E-state index contributed by atoms with van der Waals surface area (Å²) in [6.07, 6.45) is 0. The molecule has 0 aliphatic carbocycles. The number of carbonyl (C=O) groups is 3. The van der Waals surface area contributed by atoms with Crippen molar-refractivity contribution in [3.63, 3.8) is 0 Å². The van der Waals surface area contributed by atoms with Crippen molar-refractivity contribution in [1.82, 2.24) is 5.32 Å². The number of thioether (sulfide) groups is 1. The number of benzene rings is 3. The van der Waals surface area contributed by atoms with Crippen molar-refractivity contribution in [3.8, 4) is 0 Å². The van der Waals surface area contributed by atoms with Crippen molar-refractivity contribution < 1.29 is 14.4 Å². The highest BCUT2D eigenvalue weighted by Crippen LogP contribution is 2.55. The van der Waals surface area contributed by atoms with E-state index in [2.05, 4.69) is 10.6 Å². The van der Waals surface area contributed by atoms with Gasteiger partial charge in [-0.05, 0) is 42.8 Å². The number of fused-ring (bicyclic) bond motifs is 2. The molecule has 5 rings (SSSR count). The van der Waals surface area contributed by atoms with Crippen LogP contribution in [-0.4, -0.2) is 23.0 Å². The molecule has 0 saturated carbocycles. The van der Waals surface area contributed by atoms with Gasteiger partial charge in [0.2, 0.25) is 10.8 Å². The molecule has 0 bridgehead atoms. The summed E-state index contributed by atoms with van der Waals surface area (Å²) in [6.45, 7) is 2.24. The molecule has 1 saturated heterocycles. The van der Waals surface area contributed by atoms with Gasteiger partial charge in [0.25, 0.3) is 11.8 Å². The van der Waals surface area contributed by atoms with Crippen LogP contribution < -0.4 is 15.5 Å². The molecule has 6 nitrogen and oxygen atoms in total. The van der Waals surface area contributed by atoms with E-state index in [1.165, 1.54) is 11.8 Å². The number of rotatable bonds is 4. The Morgan fingerprint density at radius 3 is 2.44 bits per heavy atom. The minimum absolute atomic E-state index is 0.136. The average Bonchev–Trinajstić information content (AvgIpc) is 3.25. The van der Waals surface area contributed by atoms with Crippen LogP contribution in [0, 0.1) is 0 Å². The van der Waals surface area contributed by atoms with Gasteiger partial charge in [-0.25, -0.2) is 0 Å². The van der Waals surface area contributed by atoms with Gasteiger partial charge in [-0.3, -0.25) is 19.3 Å². The van der Waals surface area contributed by atoms with E-state index in [4.69, 9.17) is 0 Å². The number of anilines is 2. The first kappa shape index (κ1) is 20.3. The molecule has 1 fully saturated rings. The van der Waals surface area contributed by atoms with E-state index >= 15 is 0 Å². The second-order valence-corrected chi connectivity index (χ2v) is 9.33. The van der Waals surface area contributed by atoms with Crippen LogP contribution in [0.4, 0.5) is 11.4 Å².